The van der Waals surface area contributed by atoms with Crippen LogP contribution in [0.4, 0.5) is 0 Å². The first-order chi connectivity index (χ1) is 6.91. The number of aromatic amines is 1. The van der Waals surface area contributed by atoms with Crippen molar-refractivity contribution in [3.8, 4) is 0 Å². The van der Waals surface area contributed by atoms with Crippen LogP contribution in [0.5, 0.6) is 0 Å². The highest BCUT2D eigenvalue weighted by Crippen LogP contribution is 2.23. The van der Waals surface area contributed by atoms with Gasteiger partial charge in [-0.3, -0.25) is 5.10 Å². The first-order valence-corrected chi connectivity index (χ1v) is 6.33. The Morgan fingerprint density at radius 2 is 2.20 bits per heavy atom. The Morgan fingerprint density at radius 3 is 2.60 bits per heavy atom. The Morgan fingerprint density at radius 1 is 1.60 bits per heavy atom. The molecule has 84 valence electrons. The van der Waals surface area contributed by atoms with E-state index in [-0.39, 0.29) is 16.3 Å². The second-order valence-electron chi connectivity index (χ2n) is 2.66. The zero-order valence-electron chi connectivity index (χ0n) is 8.07. The molecule has 1 N–H and O–H groups in total. The third kappa shape index (κ3) is 2.29. The van der Waals surface area contributed by atoms with Crippen molar-refractivity contribution in [2.24, 2.45) is 0 Å². The SMILES string of the molecule is CCc1[nH]nc(C(=O)OC)c1S(=O)(=O)Cl. The molecule has 0 unspecified atom stereocenters. The average Bonchev–Trinajstić information content (AvgIpc) is 2.59. The van der Waals surface area contributed by atoms with Crippen molar-refractivity contribution in [1.29, 1.82) is 0 Å². The summed E-state index contributed by atoms with van der Waals surface area (Å²) in [5.41, 5.74) is -0.0326. The van der Waals surface area contributed by atoms with Crippen LogP contribution in [0, 0.1) is 0 Å². The van der Waals surface area contributed by atoms with E-state index in [2.05, 4.69) is 14.9 Å². The zero-order chi connectivity index (χ0) is 11.6. The zero-order valence-corrected chi connectivity index (χ0v) is 9.65. The number of aromatic nitrogens is 2. The lowest BCUT2D eigenvalue weighted by atomic mass is 10.3. The number of nitrogens with one attached hydrogen (secondary N) is 1. The highest BCUT2D eigenvalue weighted by molar-refractivity contribution is 8.13. The van der Waals surface area contributed by atoms with Crippen molar-refractivity contribution < 1.29 is 17.9 Å². The molecule has 0 fully saturated rings. The summed E-state index contributed by atoms with van der Waals surface area (Å²) in [6.07, 6.45) is 0.366. The van der Waals surface area contributed by atoms with E-state index in [9.17, 15) is 13.2 Å². The Hall–Kier alpha value is -1.08. The molecule has 15 heavy (non-hydrogen) atoms. The van der Waals surface area contributed by atoms with Crippen LogP contribution in [-0.4, -0.2) is 31.7 Å². The van der Waals surface area contributed by atoms with Crippen LogP contribution >= 0.6 is 10.7 Å². The number of H-pyrrole nitrogens is 1. The van der Waals surface area contributed by atoms with E-state index in [4.69, 9.17) is 10.7 Å². The van der Waals surface area contributed by atoms with E-state index in [0.717, 1.165) is 7.11 Å². The smallest absolute Gasteiger partial charge is 0.359 e. The Kier molecular flexibility index (Phi) is 3.35. The number of ether oxygens (including phenoxy) is 1. The first kappa shape index (κ1) is 12.0. The maximum Gasteiger partial charge on any atom is 0.359 e. The molecule has 1 aromatic heterocycles. The quantitative estimate of drug-likeness (QED) is 0.631. The largest absolute Gasteiger partial charge is 0.464 e. The van der Waals surface area contributed by atoms with Gasteiger partial charge in [0, 0.05) is 10.7 Å². The number of aryl methyl sites for hydroxylation is 1. The summed E-state index contributed by atoms with van der Waals surface area (Å²) < 4.78 is 26.8. The van der Waals surface area contributed by atoms with E-state index in [0.29, 0.717) is 6.42 Å². The number of esters is 1. The van der Waals surface area contributed by atoms with Gasteiger partial charge in [-0.2, -0.15) is 5.10 Å². The second kappa shape index (κ2) is 4.19. The molecule has 1 rings (SSSR count). The third-order valence-corrected chi connectivity index (χ3v) is 3.16. The Bertz CT molecular complexity index is 479. The van der Waals surface area contributed by atoms with E-state index < -0.39 is 15.0 Å². The van der Waals surface area contributed by atoms with Gasteiger partial charge in [0.15, 0.2) is 5.69 Å². The van der Waals surface area contributed by atoms with Crippen molar-refractivity contribution in [1.82, 2.24) is 10.2 Å². The number of halogens is 1. The minimum absolute atomic E-state index is 0.283. The molecule has 6 nitrogen and oxygen atoms in total. The summed E-state index contributed by atoms with van der Waals surface area (Å²) in [5, 5.41) is 5.99. The number of methoxy groups -OCH3 is 1. The molecule has 0 aliphatic carbocycles. The molecule has 0 spiro atoms. The van der Waals surface area contributed by atoms with Crippen molar-refractivity contribution in [2.45, 2.75) is 18.2 Å². The van der Waals surface area contributed by atoms with Gasteiger partial charge >= 0.3 is 5.97 Å². The lowest BCUT2D eigenvalue weighted by Crippen LogP contribution is -2.07. The maximum atomic E-state index is 11.2. The average molecular weight is 253 g/mol. The number of carbonyl (C=O) groups is 1. The molecule has 0 saturated heterocycles. The predicted octanol–water partition coefficient (Wildman–Crippen LogP) is 0.686. The fourth-order valence-electron chi connectivity index (χ4n) is 1.11. The summed E-state index contributed by atoms with van der Waals surface area (Å²) in [7, 11) is 2.32. The molecular formula is C7H9ClN2O4S. The minimum Gasteiger partial charge on any atom is -0.464 e. The van der Waals surface area contributed by atoms with Crippen LogP contribution in [0.15, 0.2) is 4.90 Å². The van der Waals surface area contributed by atoms with Crippen molar-refractivity contribution in [3.63, 3.8) is 0 Å². The van der Waals surface area contributed by atoms with Gasteiger partial charge in [-0.05, 0) is 6.42 Å². The molecule has 1 aromatic rings. The molecule has 0 aromatic carbocycles. The first-order valence-electron chi connectivity index (χ1n) is 4.02. The van der Waals surface area contributed by atoms with Crippen LogP contribution < -0.4 is 0 Å². The predicted molar refractivity (Wildman–Crippen MR) is 52.3 cm³/mol. The highest BCUT2D eigenvalue weighted by Gasteiger charge is 2.28. The second-order valence-corrected chi connectivity index (χ2v) is 5.17. The van der Waals surface area contributed by atoms with Crippen LogP contribution in [-0.2, 0) is 20.2 Å². The normalized spacial score (nSPS) is 11.4. The lowest BCUT2D eigenvalue weighted by Gasteiger charge is -1.98. The minimum atomic E-state index is -4.01. The Labute approximate surface area is 91.0 Å². The van der Waals surface area contributed by atoms with Crippen molar-refractivity contribution in [3.05, 3.63) is 11.4 Å². The molecule has 0 bridgehead atoms. The van der Waals surface area contributed by atoms with E-state index in [1.165, 1.54) is 0 Å². The fraction of sp³-hybridized carbons (Fsp3) is 0.429. The summed E-state index contributed by atoms with van der Waals surface area (Å²) >= 11 is 0. The molecular weight excluding hydrogens is 244 g/mol. The monoisotopic (exact) mass is 252 g/mol. The van der Waals surface area contributed by atoms with Gasteiger partial charge in [-0.1, -0.05) is 6.92 Å². The molecule has 0 atom stereocenters. The fourth-order valence-corrected chi connectivity index (χ4v) is 2.45. The molecule has 0 radical (unpaired) electrons. The number of rotatable bonds is 3. The van der Waals surface area contributed by atoms with Gasteiger partial charge in [0.2, 0.25) is 0 Å². The molecule has 0 aliphatic rings. The third-order valence-electron chi connectivity index (χ3n) is 1.77. The maximum absolute atomic E-state index is 11.2. The number of hydrogen-bond acceptors (Lipinski definition) is 5. The van der Waals surface area contributed by atoms with Crippen molar-refractivity contribution >= 4 is 25.7 Å². The Balaban J connectivity index is 3.43. The van der Waals surface area contributed by atoms with Gasteiger partial charge in [-0.25, -0.2) is 13.2 Å². The number of nitrogens with zero attached hydrogens (tertiary/aromatic N) is 1. The van der Waals surface area contributed by atoms with Gasteiger partial charge in [0.25, 0.3) is 9.05 Å². The molecule has 0 saturated carbocycles. The van der Waals surface area contributed by atoms with Gasteiger partial charge in [0.1, 0.15) is 4.90 Å². The lowest BCUT2D eigenvalue weighted by molar-refractivity contribution is 0.0589. The highest BCUT2D eigenvalue weighted by atomic mass is 35.7. The number of carbonyl (C=O) groups excluding carboxylic acids is 1. The molecule has 0 amide bonds. The van der Waals surface area contributed by atoms with E-state index in [1.54, 1.807) is 6.92 Å². The summed E-state index contributed by atoms with van der Waals surface area (Å²) in [4.78, 5) is 10.9. The van der Waals surface area contributed by atoms with Crippen LogP contribution in [0.3, 0.4) is 0 Å². The number of hydrogen-bond donors (Lipinski definition) is 1. The van der Waals surface area contributed by atoms with Gasteiger partial charge in [-0.15, -0.1) is 0 Å². The van der Waals surface area contributed by atoms with E-state index >= 15 is 0 Å². The summed E-state index contributed by atoms with van der Waals surface area (Å²) in [6.45, 7) is 1.71. The topological polar surface area (TPSA) is 89.1 Å². The summed E-state index contributed by atoms with van der Waals surface area (Å²) in [5.74, 6) is -0.842. The van der Waals surface area contributed by atoms with E-state index in [1.807, 2.05) is 0 Å². The standard InChI is InChI=1S/C7H9ClN2O4S/c1-3-4-6(15(8,12)13)5(10-9-4)7(11)14-2/h3H2,1-2H3,(H,9,10). The molecule has 0 aliphatic heterocycles. The van der Waals surface area contributed by atoms with Gasteiger partial charge < -0.3 is 4.74 Å². The van der Waals surface area contributed by atoms with Crippen LogP contribution in [0.25, 0.3) is 0 Å². The van der Waals surface area contributed by atoms with Crippen molar-refractivity contribution in [2.75, 3.05) is 7.11 Å². The van der Waals surface area contributed by atoms with Crippen LogP contribution in [0.1, 0.15) is 23.1 Å². The molecule has 1 heterocycles. The summed E-state index contributed by atoms with van der Waals surface area (Å²) in [6, 6.07) is 0. The van der Waals surface area contributed by atoms with Crippen LogP contribution in [0.2, 0.25) is 0 Å². The molecule has 8 heteroatoms. The van der Waals surface area contributed by atoms with Gasteiger partial charge in [0.05, 0.1) is 12.8 Å².